The maximum Gasteiger partial charge on any atom is 0.315 e. The zero-order valence-corrected chi connectivity index (χ0v) is 33.7. The van der Waals surface area contributed by atoms with Crippen molar-refractivity contribution >= 4 is 11.9 Å². The van der Waals surface area contributed by atoms with E-state index >= 15 is 0 Å². The molecule has 6 saturated carbocycles. The minimum absolute atomic E-state index is 0.0317. The molecule has 6 aliphatic rings. The van der Waals surface area contributed by atoms with E-state index in [0.29, 0.717) is 24.7 Å². The number of carbonyl (C=O) groups is 2. The van der Waals surface area contributed by atoms with Gasteiger partial charge in [0.15, 0.2) is 0 Å². The first-order chi connectivity index (χ1) is 22.6. The lowest BCUT2D eigenvalue weighted by Gasteiger charge is -2.49. The highest BCUT2D eigenvalue weighted by Crippen LogP contribution is 2.62. The van der Waals surface area contributed by atoms with Gasteiger partial charge in [-0.1, -0.05) is 95.9 Å². The quantitative estimate of drug-likeness (QED) is 0.215. The zero-order valence-electron chi connectivity index (χ0n) is 33.7. The lowest BCUT2D eigenvalue weighted by Crippen LogP contribution is -2.54. The molecule has 0 spiro atoms. The Morgan fingerprint density at radius 2 is 0.837 bits per heavy atom. The number of rotatable bonds is 10. The third-order valence-electron chi connectivity index (χ3n) is 15.3. The average Bonchev–Trinajstić information content (AvgIpc) is 3.76. The van der Waals surface area contributed by atoms with E-state index in [9.17, 15) is 9.59 Å². The molecule has 0 amide bonds. The smallest absolute Gasteiger partial charge is 0.315 e. The number of hydrogen-bond acceptors (Lipinski definition) is 5. The predicted octanol–water partition coefficient (Wildman–Crippen LogP) is 10.7. The maximum atomic E-state index is 14.8. The number of hydrogen-bond donors (Lipinski definition) is 0. The number of esters is 2. The van der Waals surface area contributed by atoms with E-state index in [2.05, 4.69) is 83.1 Å². The molecule has 0 aromatic carbocycles. The first-order valence-corrected chi connectivity index (χ1v) is 20.6. The summed E-state index contributed by atoms with van der Waals surface area (Å²) >= 11 is 0. The molecule has 6 aliphatic carbocycles. The summed E-state index contributed by atoms with van der Waals surface area (Å²) in [6.45, 7) is 26.9. The molecule has 0 aliphatic heterocycles. The lowest BCUT2D eigenvalue weighted by molar-refractivity contribution is -0.194. The minimum Gasteiger partial charge on any atom is -0.462 e. The molecule has 280 valence electrons. The molecule has 0 saturated heterocycles. The van der Waals surface area contributed by atoms with Crippen molar-refractivity contribution in [2.24, 2.45) is 79.8 Å². The Labute approximate surface area is 300 Å². The van der Waals surface area contributed by atoms with Crippen LogP contribution in [0.1, 0.15) is 160 Å². The summed E-state index contributed by atoms with van der Waals surface area (Å²) in [5, 5.41) is 0. The molecule has 5 nitrogen and oxygen atoms in total. The third kappa shape index (κ3) is 6.92. The van der Waals surface area contributed by atoms with E-state index in [0.717, 1.165) is 48.3 Å². The molecular formula is C44H74O5. The van der Waals surface area contributed by atoms with Crippen LogP contribution in [0.3, 0.4) is 0 Å². The summed E-state index contributed by atoms with van der Waals surface area (Å²) in [7, 11) is 0. The van der Waals surface area contributed by atoms with E-state index in [-0.39, 0.29) is 48.2 Å². The minimum atomic E-state index is -0.848. The lowest BCUT2D eigenvalue weighted by atomic mass is 9.59. The molecule has 4 bridgehead atoms. The van der Waals surface area contributed by atoms with Crippen LogP contribution in [0.15, 0.2) is 0 Å². The van der Waals surface area contributed by atoms with Gasteiger partial charge >= 0.3 is 11.9 Å². The first-order valence-electron chi connectivity index (χ1n) is 20.6. The van der Waals surface area contributed by atoms with Gasteiger partial charge in [-0.25, -0.2) is 0 Å². The van der Waals surface area contributed by atoms with Crippen molar-refractivity contribution in [2.75, 3.05) is 13.2 Å². The van der Waals surface area contributed by atoms with Gasteiger partial charge in [0.2, 0.25) is 0 Å². The molecule has 0 aromatic heterocycles. The highest BCUT2D eigenvalue weighted by molar-refractivity contribution is 5.79. The Morgan fingerprint density at radius 1 is 0.490 bits per heavy atom. The third-order valence-corrected chi connectivity index (χ3v) is 15.3. The fourth-order valence-electron chi connectivity index (χ4n) is 12.9. The van der Waals surface area contributed by atoms with Gasteiger partial charge in [0, 0.05) is 0 Å². The van der Waals surface area contributed by atoms with Crippen molar-refractivity contribution in [3.05, 3.63) is 0 Å². The molecule has 12 atom stereocenters. The van der Waals surface area contributed by atoms with Crippen LogP contribution in [0, 0.1) is 79.8 Å². The van der Waals surface area contributed by atoms with Crippen molar-refractivity contribution in [2.45, 2.75) is 172 Å². The SMILES string of the molecule is CC(C)(C)CC(COCC(CC(C)(C)C)(C(=O)OC1CC2CC1C1CCCC21)C(C)(C)C)(C(=O)OC1CC2CC1C1CCCC21)C(C)(C)C. The summed E-state index contributed by atoms with van der Waals surface area (Å²) in [5.74, 6) is 5.52. The Bertz CT molecular complexity index is 1130. The van der Waals surface area contributed by atoms with Crippen LogP contribution in [0.5, 0.6) is 0 Å². The highest BCUT2D eigenvalue weighted by Gasteiger charge is 2.60. The average molecular weight is 683 g/mol. The van der Waals surface area contributed by atoms with Crippen LogP contribution in [0.2, 0.25) is 0 Å². The second kappa shape index (κ2) is 12.8. The van der Waals surface area contributed by atoms with E-state index in [1.807, 2.05) is 0 Å². The van der Waals surface area contributed by atoms with Gasteiger partial charge in [0.05, 0.1) is 24.0 Å². The number of ether oxygens (including phenoxy) is 3. The Hall–Kier alpha value is -1.10. The van der Waals surface area contributed by atoms with Crippen molar-refractivity contribution in [1.29, 1.82) is 0 Å². The number of carbonyl (C=O) groups excluding carboxylic acids is 2. The van der Waals surface area contributed by atoms with Crippen molar-refractivity contribution in [1.82, 2.24) is 0 Å². The summed E-state index contributed by atoms with van der Waals surface area (Å²) in [4.78, 5) is 29.7. The first kappa shape index (κ1) is 37.7. The molecule has 6 rings (SSSR count). The van der Waals surface area contributed by atoms with Gasteiger partial charge in [-0.2, -0.15) is 0 Å². The van der Waals surface area contributed by atoms with E-state index in [1.54, 1.807) is 0 Å². The van der Waals surface area contributed by atoms with Gasteiger partial charge in [0.25, 0.3) is 0 Å². The maximum absolute atomic E-state index is 14.8. The fourth-order valence-corrected chi connectivity index (χ4v) is 12.9. The van der Waals surface area contributed by atoms with Gasteiger partial charge in [-0.05, 0) is 133 Å². The molecule has 5 heteroatoms. The molecule has 0 aromatic rings. The predicted molar refractivity (Wildman–Crippen MR) is 197 cm³/mol. The van der Waals surface area contributed by atoms with Crippen LogP contribution >= 0.6 is 0 Å². The van der Waals surface area contributed by atoms with Gasteiger partial charge in [0.1, 0.15) is 12.2 Å². The second-order valence-electron chi connectivity index (χ2n) is 22.8. The van der Waals surface area contributed by atoms with Crippen LogP contribution in [-0.4, -0.2) is 37.4 Å². The molecule has 12 unspecified atom stereocenters. The topological polar surface area (TPSA) is 61.8 Å². The second-order valence-corrected chi connectivity index (χ2v) is 22.8. The van der Waals surface area contributed by atoms with Crippen LogP contribution in [0.25, 0.3) is 0 Å². The van der Waals surface area contributed by atoms with Gasteiger partial charge < -0.3 is 14.2 Å². The molecule has 0 heterocycles. The van der Waals surface area contributed by atoms with E-state index in [1.165, 1.54) is 51.4 Å². The molecular weight excluding hydrogens is 608 g/mol. The normalized spacial score (nSPS) is 37.9. The molecule has 0 N–H and O–H groups in total. The number of fused-ring (bicyclic) bond motifs is 10. The van der Waals surface area contributed by atoms with Crippen LogP contribution in [-0.2, 0) is 23.8 Å². The zero-order chi connectivity index (χ0) is 35.9. The Kier molecular flexibility index (Phi) is 9.83. The van der Waals surface area contributed by atoms with E-state index < -0.39 is 21.7 Å². The summed E-state index contributed by atoms with van der Waals surface area (Å²) < 4.78 is 20.4. The Morgan fingerprint density at radius 3 is 1.16 bits per heavy atom. The largest absolute Gasteiger partial charge is 0.462 e. The fraction of sp³-hybridized carbons (Fsp3) is 0.955. The monoisotopic (exact) mass is 683 g/mol. The molecule has 6 fully saturated rings. The van der Waals surface area contributed by atoms with Crippen LogP contribution < -0.4 is 0 Å². The molecule has 49 heavy (non-hydrogen) atoms. The van der Waals surface area contributed by atoms with Crippen molar-refractivity contribution in [3.63, 3.8) is 0 Å². The highest BCUT2D eigenvalue weighted by atomic mass is 16.6. The van der Waals surface area contributed by atoms with Crippen molar-refractivity contribution < 1.29 is 23.8 Å². The van der Waals surface area contributed by atoms with Crippen molar-refractivity contribution in [3.8, 4) is 0 Å². The van der Waals surface area contributed by atoms with Crippen LogP contribution in [0.4, 0.5) is 0 Å². The Balaban J connectivity index is 1.24. The standard InChI is InChI=1S/C44H74O5/c1-39(2,3)23-43(41(7,8)9,37(45)48-35-21-27-19-33(35)31-17-13-15-29(27)31)25-47-26-44(42(10,11)12,24-40(4,5)6)38(46)49-36-22-28-20-34(36)32-18-14-16-30(28)32/h27-36H,13-26H2,1-12H3. The van der Waals surface area contributed by atoms with Gasteiger partial charge in [-0.3, -0.25) is 9.59 Å². The summed E-state index contributed by atoms with van der Waals surface area (Å²) in [5.41, 5.74) is -2.74. The van der Waals surface area contributed by atoms with E-state index in [4.69, 9.17) is 14.2 Å². The summed E-state index contributed by atoms with van der Waals surface area (Å²) in [6, 6.07) is 0. The van der Waals surface area contributed by atoms with Gasteiger partial charge in [-0.15, -0.1) is 0 Å². The summed E-state index contributed by atoms with van der Waals surface area (Å²) in [6.07, 6.45) is 13.9. The molecule has 0 radical (unpaired) electrons.